The molecule has 0 aliphatic carbocycles. The van der Waals surface area contributed by atoms with Gasteiger partial charge in [0.1, 0.15) is 0 Å². The summed E-state index contributed by atoms with van der Waals surface area (Å²) in [5.41, 5.74) is 0.823. The van der Waals surface area contributed by atoms with Crippen LogP contribution in [0.4, 0.5) is 4.39 Å². The number of benzene rings is 1. The maximum Gasteiger partial charge on any atom is 0.165 e. The van der Waals surface area contributed by atoms with Gasteiger partial charge in [-0.15, -0.1) is 0 Å². The topological polar surface area (TPSA) is 20.2 Å². The maximum absolute atomic E-state index is 12.6. The Hall–Kier alpha value is -0.0900. The van der Waals surface area contributed by atoms with Crippen molar-refractivity contribution in [2.75, 3.05) is 0 Å². The van der Waals surface area contributed by atoms with Crippen LogP contribution in [0, 0.1) is 5.82 Å². The third-order valence-corrected chi connectivity index (χ3v) is 2.60. The molecule has 1 nitrogen and oxygen atoms in total. The van der Waals surface area contributed by atoms with Crippen molar-refractivity contribution >= 4 is 31.9 Å². The number of aromatic hydroxyl groups is 1. The second kappa shape index (κ2) is 3.54. The van der Waals surface area contributed by atoms with E-state index in [4.69, 9.17) is 5.11 Å². The number of hydrogen-bond donors (Lipinski definition) is 1. The molecule has 1 aromatic rings. The molecule has 0 aliphatic heterocycles. The first-order valence-electron chi connectivity index (χ1n) is 2.88. The van der Waals surface area contributed by atoms with Crippen LogP contribution in [0.25, 0.3) is 0 Å². The van der Waals surface area contributed by atoms with E-state index in [-0.39, 0.29) is 5.75 Å². The molecule has 0 radical (unpaired) electrons. The van der Waals surface area contributed by atoms with E-state index in [0.717, 1.165) is 5.56 Å². The number of phenols is 1. The second-order valence-electron chi connectivity index (χ2n) is 2.03. The molecule has 0 unspecified atom stereocenters. The second-order valence-corrected chi connectivity index (χ2v) is 3.44. The van der Waals surface area contributed by atoms with E-state index < -0.39 is 5.82 Å². The molecule has 0 saturated heterocycles. The van der Waals surface area contributed by atoms with Crippen molar-refractivity contribution in [1.82, 2.24) is 0 Å². The summed E-state index contributed by atoms with van der Waals surface area (Å²) in [7, 11) is 0. The van der Waals surface area contributed by atoms with Crippen LogP contribution in [0.15, 0.2) is 16.6 Å². The van der Waals surface area contributed by atoms with Gasteiger partial charge in [0.25, 0.3) is 0 Å². The fraction of sp³-hybridized carbons (Fsp3) is 0.143. The summed E-state index contributed by atoms with van der Waals surface area (Å²) in [6.45, 7) is 0. The Labute approximate surface area is 80.5 Å². The van der Waals surface area contributed by atoms with Gasteiger partial charge < -0.3 is 5.11 Å². The predicted octanol–water partition coefficient (Wildman–Crippen LogP) is 3.19. The molecule has 0 spiro atoms. The normalized spacial score (nSPS) is 10.1. The third kappa shape index (κ3) is 1.93. The fourth-order valence-electron chi connectivity index (χ4n) is 0.683. The predicted molar refractivity (Wildman–Crippen MR) is 48.4 cm³/mol. The molecule has 4 heteroatoms. The highest BCUT2D eigenvalue weighted by Crippen LogP contribution is 2.26. The number of halogens is 3. The Morgan fingerprint density at radius 2 is 2.09 bits per heavy atom. The minimum atomic E-state index is -0.610. The van der Waals surface area contributed by atoms with Crippen LogP contribution >= 0.6 is 31.9 Å². The van der Waals surface area contributed by atoms with Crippen molar-refractivity contribution in [2.45, 2.75) is 5.33 Å². The van der Waals surface area contributed by atoms with E-state index >= 15 is 0 Å². The summed E-state index contributed by atoms with van der Waals surface area (Å²) in [5.74, 6) is -0.927. The average molecular weight is 284 g/mol. The molecule has 0 atom stereocenters. The van der Waals surface area contributed by atoms with Gasteiger partial charge in [0.2, 0.25) is 0 Å². The molecular formula is C7H5Br2FO. The van der Waals surface area contributed by atoms with Gasteiger partial charge in [-0.05, 0) is 17.7 Å². The first kappa shape index (κ1) is 9.00. The molecule has 0 bridgehead atoms. The quantitative estimate of drug-likeness (QED) is 0.785. The monoisotopic (exact) mass is 282 g/mol. The molecule has 0 heterocycles. The first-order valence-corrected chi connectivity index (χ1v) is 4.79. The molecule has 11 heavy (non-hydrogen) atoms. The van der Waals surface area contributed by atoms with Crippen LogP contribution in [0.1, 0.15) is 5.56 Å². The molecule has 1 N–H and O–H groups in total. The number of phenolic OH excluding ortho intramolecular Hbond substituents is 1. The Morgan fingerprint density at radius 3 is 2.64 bits per heavy atom. The highest BCUT2D eigenvalue weighted by atomic mass is 79.9. The summed E-state index contributed by atoms with van der Waals surface area (Å²) < 4.78 is 13.3. The van der Waals surface area contributed by atoms with Crippen molar-refractivity contribution in [2.24, 2.45) is 0 Å². The number of alkyl halides is 1. The van der Waals surface area contributed by atoms with Crippen LogP contribution in [0.3, 0.4) is 0 Å². The van der Waals surface area contributed by atoms with Crippen molar-refractivity contribution in [3.8, 4) is 5.75 Å². The van der Waals surface area contributed by atoms with Crippen molar-refractivity contribution in [3.05, 3.63) is 28.0 Å². The maximum atomic E-state index is 12.6. The molecule has 0 saturated carbocycles. The summed E-state index contributed by atoms with van der Waals surface area (Å²) in [6, 6.07) is 2.63. The summed E-state index contributed by atoms with van der Waals surface area (Å²) in [5, 5.41) is 9.52. The zero-order valence-corrected chi connectivity index (χ0v) is 8.61. The van der Waals surface area contributed by atoms with Crippen molar-refractivity contribution in [3.63, 3.8) is 0 Å². The zero-order chi connectivity index (χ0) is 8.43. The van der Waals surface area contributed by atoms with Gasteiger partial charge in [-0.25, -0.2) is 4.39 Å². The molecule has 0 fully saturated rings. The van der Waals surface area contributed by atoms with Crippen LogP contribution in [-0.4, -0.2) is 5.11 Å². The van der Waals surface area contributed by atoms with E-state index in [1.807, 2.05) is 0 Å². The SMILES string of the molecule is Oc1cc(CBr)c(Br)cc1F. The lowest BCUT2D eigenvalue weighted by Gasteiger charge is -2.01. The number of hydrogen-bond acceptors (Lipinski definition) is 1. The van der Waals surface area contributed by atoms with Gasteiger partial charge in [0.15, 0.2) is 11.6 Å². The lowest BCUT2D eigenvalue weighted by atomic mass is 10.2. The van der Waals surface area contributed by atoms with Gasteiger partial charge in [-0.1, -0.05) is 31.9 Å². The van der Waals surface area contributed by atoms with E-state index in [1.165, 1.54) is 12.1 Å². The van der Waals surface area contributed by atoms with E-state index in [2.05, 4.69) is 31.9 Å². The average Bonchev–Trinajstić information content (AvgIpc) is 1.97. The summed E-state index contributed by atoms with van der Waals surface area (Å²) in [6.07, 6.45) is 0. The van der Waals surface area contributed by atoms with Crippen molar-refractivity contribution in [1.29, 1.82) is 0 Å². The lowest BCUT2D eigenvalue weighted by molar-refractivity contribution is 0.431. The van der Waals surface area contributed by atoms with Gasteiger partial charge in [-0.2, -0.15) is 0 Å². The highest BCUT2D eigenvalue weighted by Gasteiger charge is 2.05. The molecule has 1 aromatic carbocycles. The Bertz CT molecular complexity index is 275. The van der Waals surface area contributed by atoms with Gasteiger partial charge in [0.05, 0.1) is 0 Å². The minimum Gasteiger partial charge on any atom is -0.505 e. The summed E-state index contributed by atoms with van der Waals surface area (Å²) >= 11 is 6.36. The molecule has 0 aromatic heterocycles. The Kier molecular flexibility index (Phi) is 2.90. The summed E-state index contributed by atoms with van der Waals surface area (Å²) in [4.78, 5) is 0. The molecule has 1 rings (SSSR count). The largest absolute Gasteiger partial charge is 0.505 e. The molecule has 0 aliphatic rings. The van der Waals surface area contributed by atoms with Crippen molar-refractivity contribution < 1.29 is 9.50 Å². The molecule has 0 amide bonds. The Balaban J connectivity index is 3.21. The standard InChI is InChI=1S/C7H5Br2FO/c8-3-4-1-7(11)6(10)2-5(4)9/h1-2,11H,3H2. The molecular weight excluding hydrogens is 279 g/mol. The highest BCUT2D eigenvalue weighted by molar-refractivity contribution is 9.10. The number of rotatable bonds is 1. The third-order valence-electron chi connectivity index (χ3n) is 1.26. The minimum absolute atomic E-state index is 0.317. The van der Waals surface area contributed by atoms with Crippen LogP contribution in [0.5, 0.6) is 5.75 Å². The van der Waals surface area contributed by atoms with Gasteiger partial charge in [-0.3, -0.25) is 0 Å². The van der Waals surface area contributed by atoms with E-state index in [9.17, 15) is 4.39 Å². The zero-order valence-electron chi connectivity index (χ0n) is 5.44. The smallest absolute Gasteiger partial charge is 0.165 e. The van der Waals surface area contributed by atoms with Gasteiger partial charge in [0, 0.05) is 9.80 Å². The first-order chi connectivity index (χ1) is 5.15. The van der Waals surface area contributed by atoms with Crippen LogP contribution in [0.2, 0.25) is 0 Å². The van der Waals surface area contributed by atoms with E-state index in [0.29, 0.717) is 9.80 Å². The van der Waals surface area contributed by atoms with E-state index in [1.54, 1.807) is 0 Å². The Morgan fingerprint density at radius 1 is 1.45 bits per heavy atom. The lowest BCUT2D eigenvalue weighted by Crippen LogP contribution is -1.83. The van der Waals surface area contributed by atoms with Gasteiger partial charge >= 0.3 is 0 Å². The molecule has 60 valence electrons. The van der Waals surface area contributed by atoms with Crippen LogP contribution in [-0.2, 0) is 5.33 Å². The van der Waals surface area contributed by atoms with Crippen LogP contribution < -0.4 is 0 Å². The fourth-order valence-corrected chi connectivity index (χ4v) is 1.98.